The maximum atomic E-state index is 5.63. The van der Waals surface area contributed by atoms with E-state index in [-0.39, 0.29) is 6.10 Å². The molecule has 0 bridgehead atoms. The molecule has 0 radical (unpaired) electrons. The minimum absolute atomic E-state index is 0.269. The number of hydrogen-bond donors (Lipinski definition) is 1. The Bertz CT molecular complexity index is 683. The van der Waals surface area contributed by atoms with E-state index in [1.807, 2.05) is 13.2 Å². The van der Waals surface area contributed by atoms with Gasteiger partial charge in [-0.05, 0) is 31.4 Å². The quantitative estimate of drug-likeness (QED) is 0.602. The molecule has 0 amide bonds. The van der Waals surface area contributed by atoms with Crippen molar-refractivity contribution in [3.05, 3.63) is 23.9 Å². The number of ether oxygens (including phenoxy) is 1. The zero-order valence-corrected chi connectivity index (χ0v) is 18.7. The van der Waals surface area contributed by atoms with Gasteiger partial charge in [0, 0.05) is 56.5 Å². The second kappa shape index (κ2) is 9.56. The van der Waals surface area contributed by atoms with E-state index in [2.05, 4.69) is 50.9 Å². The number of aromatic nitrogens is 1. The molecule has 0 aromatic carbocycles. The number of nitrogens with one attached hydrogen (secondary N) is 1. The summed E-state index contributed by atoms with van der Waals surface area (Å²) in [6, 6.07) is 4.31. The summed E-state index contributed by atoms with van der Waals surface area (Å²) in [5, 5.41) is 3.58. The number of guanidine groups is 1. The third-order valence-electron chi connectivity index (χ3n) is 6.35. The largest absolute Gasteiger partial charge is 0.375 e. The lowest BCUT2D eigenvalue weighted by Gasteiger charge is -2.45. The predicted molar refractivity (Wildman–Crippen MR) is 122 cm³/mol. The third kappa shape index (κ3) is 5.18. The Morgan fingerprint density at radius 1 is 1.31 bits per heavy atom. The van der Waals surface area contributed by atoms with Crippen LogP contribution in [-0.2, 0) is 11.3 Å². The molecule has 2 aliphatic heterocycles. The number of morpholine rings is 1. The lowest BCUT2D eigenvalue weighted by Crippen LogP contribution is -2.53. The molecule has 1 atom stereocenters. The van der Waals surface area contributed by atoms with Crippen LogP contribution in [0, 0.1) is 0 Å². The molecule has 1 saturated carbocycles. The SMILES string of the molecule is CN=C(NCc1ccc(N2CCOC(C)C2)nc1)N1CCSC2(CCCCC2)C1. The van der Waals surface area contributed by atoms with Crippen LogP contribution in [0.4, 0.5) is 5.82 Å². The van der Waals surface area contributed by atoms with Crippen LogP contribution in [0.25, 0.3) is 0 Å². The van der Waals surface area contributed by atoms with E-state index in [0.29, 0.717) is 4.75 Å². The van der Waals surface area contributed by atoms with Gasteiger partial charge >= 0.3 is 0 Å². The van der Waals surface area contributed by atoms with Gasteiger partial charge in [0.05, 0.1) is 12.7 Å². The molecule has 1 aromatic rings. The molecule has 29 heavy (non-hydrogen) atoms. The Labute approximate surface area is 179 Å². The number of rotatable bonds is 3. The van der Waals surface area contributed by atoms with Crippen molar-refractivity contribution in [1.82, 2.24) is 15.2 Å². The first kappa shape index (κ1) is 20.8. The van der Waals surface area contributed by atoms with Crippen LogP contribution < -0.4 is 10.2 Å². The summed E-state index contributed by atoms with van der Waals surface area (Å²) in [6.45, 7) is 7.69. The van der Waals surface area contributed by atoms with E-state index >= 15 is 0 Å². The summed E-state index contributed by atoms with van der Waals surface area (Å²) in [5.41, 5.74) is 1.19. The Morgan fingerprint density at radius 3 is 2.90 bits per heavy atom. The molecule has 4 rings (SSSR count). The van der Waals surface area contributed by atoms with Crippen molar-refractivity contribution in [1.29, 1.82) is 0 Å². The zero-order chi connectivity index (χ0) is 20.1. The molecule has 1 N–H and O–H groups in total. The van der Waals surface area contributed by atoms with Crippen molar-refractivity contribution >= 4 is 23.5 Å². The van der Waals surface area contributed by atoms with Crippen molar-refractivity contribution in [3.63, 3.8) is 0 Å². The van der Waals surface area contributed by atoms with Crippen molar-refractivity contribution in [2.75, 3.05) is 50.5 Å². The van der Waals surface area contributed by atoms with Crippen molar-refractivity contribution in [2.45, 2.75) is 56.4 Å². The van der Waals surface area contributed by atoms with E-state index in [1.54, 1.807) is 0 Å². The van der Waals surface area contributed by atoms with Gasteiger partial charge in [-0.15, -0.1) is 0 Å². The summed E-state index contributed by atoms with van der Waals surface area (Å²) in [5.74, 6) is 3.27. The number of hydrogen-bond acceptors (Lipinski definition) is 5. The van der Waals surface area contributed by atoms with Crippen LogP contribution in [0.15, 0.2) is 23.3 Å². The first-order valence-electron chi connectivity index (χ1n) is 11.1. The molecule has 1 aliphatic carbocycles. The summed E-state index contributed by atoms with van der Waals surface area (Å²) in [4.78, 5) is 14.1. The van der Waals surface area contributed by atoms with Gasteiger partial charge in [-0.2, -0.15) is 11.8 Å². The number of anilines is 1. The lowest BCUT2D eigenvalue weighted by atomic mass is 9.87. The van der Waals surface area contributed by atoms with Crippen LogP contribution in [0.2, 0.25) is 0 Å². The molecular formula is C22H35N5OS. The Balaban J connectivity index is 1.32. The maximum Gasteiger partial charge on any atom is 0.193 e. The topological polar surface area (TPSA) is 53.0 Å². The standard InChI is InChI=1S/C22H35N5OS/c1-18-16-26(10-12-28-18)20-7-6-19(14-24-20)15-25-21(23-2)27-11-13-29-22(17-27)8-4-3-5-9-22/h6-7,14,18H,3-5,8-13,15-17H2,1-2H3,(H,23,25). The average molecular weight is 418 g/mol. The van der Waals surface area contributed by atoms with Crippen LogP contribution >= 0.6 is 11.8 Å². The highest BCUT2D eigenvalue weighted by Gasteiger charge is 2.38. The fourth-order valence-corrected chi connectivity index (χ4v) is 6.34. The van der Waals surface area contributed by atoms with Crippen LogP contribution in [0.1, 0.15) is 44.6 Å². The summed E-state index contributed by atoms with van der Waals surface area (Å²) >= 11 is 2.20. The Hall–Kier alpha value is -1.47. The zero-order valence-electron chi connectivity index (χ0n) is 17.9. The van der Waals surface area contributed by atoms with Crippen LogP contribution in [0.3, 0.4) is 0 Å². The van der Waals surface area contributed by atoms with E-state index in [9.17, 15) is 0 Å². The molecule has 160 valence electrons. The molecule has 1 spiro atoms. The Morgan fingerprint density at radius 2 is 2.17 bits per heavy atom. The van der Waals surface area contributed by atoms with Gasteiger partial charge < -0.3 is 19.9 Å². The van der Waals surface area contributed by atoms with Crippen LogP contribution in [-0.4, -0.2) is 72.3 Å². The van der Waals surface area contributed by atoms with Gasteiger partial charge in [-0.1, -0.05) is 25.3 Å². The summed E-state index contributed by atoms with van der Waals surface area (Å²) < 4.78 is 6.08. The van der Waals surface area contributed by atoms with Gasteiger partial charge in [-0.25, -0.2) is 4.98 Å². The fraction of sp³-hybridized carbons (Fsp3) is 0.727. The predicted octanol–water partition coefficient (Wildman–Crippen LogP) is 3.13. The second-order valence-corrected chi connectivity index (χ2v) is 10.1. The highest BCUT2D eigenvalue weighted by molar-refractivity contribution is 8.00. The van der Waals surface area contributed by atoms with E-state index in [1.165, 1.54) is 43.4 Å². The first-order valence-corrected chi connectivity index (χ1v) is 12.1. The smallest absolute Gasteiger partial charge is 0.193 e. The molecule has 3 heterocycles. The first-order chi connectivity index (χ1) is 14.2. The van der Waals surface area contributed by atoms with E-state index in [0.717, 1.165) is 51.1 Å². The summed E-state index contributed by atoms with van der Waals surface area (Å²) in [7, 11) is 1.90. The van der Waals surface area contributed by atoms with Crippen molar-refractivity contribution < 1.29 is 4.74 Å². The molecule has 1 unspecified atom stereocenters. The van der Waals surface area contributed by atoms with E-state index in [4.69, 9.17) is 9.72 Å². The molecule has 7 heteroatoms. The van der Waals surface area contributed by atoms with Gasteiger partial charge in [0.1, 0.15) is 5.82 Å². The highest BCUT2D eigenvalue weighted by atomic mass is 32.2. The minimum Gasteiger partial charge on any atom is -0.375 e. The van der Waals surface area contributed by atoms with Crippen molar-refractivity contribution in [3.8, 4) is 0 Å². The van der Waals surface area contributed by atoms with Crippen LogP contribution in [0.5, 0.6) is 0 Å². The van der Waals surface area contributed by atoms with Gasteiger partial charge in [0.25, 0.3) is 0 Å². The maximum absolute atomic E-state index is 5.63. The average Bonchev–Trinajstić information content (AvgIpc) is 2.75. The monoisotopic (exact) mass is 417 g/mol. The molecule has 3 aliphatic rings. The van der Waals surface area contributed by atoms with Gasteiger partial charge in [0.15, 0.2) is 5.96 Å². The number of aliphatic imine (C=N–C) groups is 1. The Kier molecular flexibility index (Phi) is 6.85. The normalized spacial score (nSPS) is 25.3. The van der Waals surface area contributed by atoms with Gasteiger partial charge in [0.2, 0.25) is 0 Å². The number of nitrogens with zero attached hydrogens (tertiary/aromatic N) is 4. The minimum atomic E-state index is 0.269. The lowest BCUT2D eigenvalue weighted by molar-refractivity contribution is 0.0529. The fourth-order valence-electron chi connectivity index (χ4n) is 4.77. The van der Waals surface area contributed by atoms with Gasteiger partial charge in [-0.3, -0.25) is 4.99 Å². The van der Waals surface area contributed by atoms with E-state index < -0.39 is 0 Å². The number of thioether (sulfide) groups is 1. The third-order valence-corrected chi connectivity index (χ3v) is 7.89. The summed E-state index contributed by atoms with van der Waals surface area (Å²) in [6.07, 6.45) is 9.14. The molecule has 1 aromatic heterocycles. The molecule has 3 fully saturated rings. The molecule has 2 saturated heterocycles. The molecule has 6 nitrogen and oxygen atoms in total. The molecular weight excluding hydrogens is 382 g/mol. The number of pyridine rings is 1. The van der Waals surface area contributed by atoms with Crippen molar-refractivity contribution in [2.24, 2.45) is 4.99 Å². The highest BCUT2D eigenvalue weighted by Crippen LogP contribution is 2.42. The second-order valence-electron chi connectivity index (χ2n) is 8.57.